The lowest BCUT2D eigenvalue weighted by molar-refractivity contribution is 0.872. The van der Waals surface area contributed by atoms with Gasteiger partial charge in [-0.25, -0.2) is 0 Å². The molecule has 0 radical (unpaired) electrons. The quantitative estimate of drug-likeness (QED) is 0.813. The largest absolute Gasteiger partial charge is 0.366 e. The highest BCUT2D eigenvalue weighted by Gasteiger charge is 2.19. The molecule has 2 aliphatic heterocycles. The molecule has 0 spiro atoms. The zero-order valence-electron chi connectivity index (χ0n) is 12.3. The molecule has 0 atom stereocenters. The number of nitrogens with zero attached hydrogens (tertiary/aromatic N) is 2. The third kappa shape index (κ3) is 2.57. The van der Waals surface area contributed by atoms with Crippen molar-refractivity contribution in [2.75, 3.05) is 35.3 Å². The minimum atomic E-state index is 0.840. The lowest BCUT2D eigenvalue weighted by Crippen LogP contribution is -2.26. The highest BCUT2D eigenvalue weighted by atomic mass is 15.3. The van der Waals surface area contributed by atoms with E-state index in [2.05, 4.69) is 74.4 Å². The molecule has 0 aliphatic carbocycles. The zero-order chi connectivity index (χ0) is 14.8. The van der Waals surface area contributed by atoms with E-state index in [0.29, 0.717) is 0 Å². The Morgan fingerprint density at radius 2 is 2.00 bits per heavy atom. The Morgan fingerprint density at radius 3 is 2.82 bits per heavy atom. The molecule has 5 heteroatoms. The molecule has 4 rings (SSSR count). The molecule has 0 fully saturated rings. The van der Waals surface area contributed by atoms with E-state index in [9.17, 15) is 0 Å². The molecule has 2 aromatic rings. The van der Waals surface area contributed by atoms with Gasteiger partial charge in [-0.15, -0.1) is 0 Å². The monoisotopic (exact) mass is 293 g/mol. The first-order chi connectivity index (χ1) is 10.9. The van der Waals surface area contributed by atoms with E-state index < -0.39 is 0 Å². The van der Waals surface area contributed by atoms with Crippen molar-refractivity contribution in [3.8, 4) is 0 Å². The van der Waals surface area contributed by atoms with Gasteiger partial charge in [0.05, 0.1) is 24.6 Å². The number of anilines is 3. The highest BCUT2D eigenvalue weighted by Crippen LogP contribution is 2.34. The molecular weight excluding hydrogens is 274 g/mol. The van der Waals surface area contributed by atoms with Crippen LogP contribution < -0.4 is 20.9 Å². The summed E-state index contributed by atoms with van der Waals surface area (Å²) in [6, 6.07) is 16.9. The van der Waals surface area contributed by atoms with Gasteiger partial charge in [-0.1, -0.05) is 30.3 Å². The number of guanidine groups is 1. The van der Waals surface area contributed by atoms with Crippen molar-refractivity contribution in [2.45, 2.75) is 6.54 Å². The lowest BCUT2D eigenvalue weighted by atomic mass is 10.2. The Hall–Kier alpha value is -2.69. The molecule has 2 aliphatic rings. The fourth-order valence-electron chi connectivity index (χ4n) is 2.85. The topological polar surface area (TPSA) is 51.7 Å². The van der Waals surface area contributed by atoms with E-state index in [1.165, 1.54) is 16.9 Å². The maximum Gasteiger partial charge on any atom is 0.195 e. The minimum absolute atomic E-state index is 0.840. The van der Waals surface area contributed by atoms with Crippen molar-refractivity contribution in [3.63, 3.8) is 0 Å². The summed E-state index contributed by atoms with van der Waals surface area (Å²) >= 11 is 0. The molecule has 0 bridgehead atoms. The second-order valence-corrected chi connectivity index (χ2v) is 5.53. The van der Waals surface area contributed by atoms with E-state index >= 15 is 0 Å². The Kier molecular flexibility index (Phi) is 3.31. The number of rotatable bonds is 3. The number of fused-ring (bicyclic) bond motifs is 1. The maximum absolute atomic E-state index is 4.38. The minimum Gasteiger partial charge on any atom is -0.366 e. The second-order valence-electron chi connectivity index (χ2n) is 5.53. The van der Waals surface area contributed by atoms with Crippen molar-refractivity contribution in [1.82, 2.24) is 5.32 Å². The zero-order valence-corrected chi connectivity index (χ0v) is 12.3. The van der Waals surface area contributed by atoms with E-state index in [-0.39, 0.29) is 0 Å². The van der Waals surface area contributed by atoms with Crippen molar-refractivity contribution < 1.29 is 0 Å². The molecule has 0 aromatic heterocycles. The first-order valence-corrected chi connectivity index (χ1v) is 7.61. The fraction of sp³-hybridized carbons (Fsp3) is 0.235. The number of hydrogen-bond acceptors (Lipinski definition) is 5. The molecule has 3 N–H and O–H groups in total. The number of aliphatic imine (C=N–C) groups is 1. The highest BCUT2D eigenvalue weighted by molar-refractivity contribution is 5.96. The Balaban J connectivity index is 1.54. The van der Waals surface area contributed by atoms with Gasteiger partial charge in [0.15, 0.2) is 5.96 Å². The summed E-state index contributed by atoms with van der Waals surface area (Å²) in [4.78, 5) is 6.72. The molecule has 5 nitrogen and oxygen atoms in total. The van der Waals surface area contributed by atoms with Crippen molar-refractivity contribution >= 4 is 23.0 Å². The molecule has 0 amide bonds. The van der Waals surface area contributed by atoms with Gasteiger partial charge in [0.2, 0.25) is 0 Å². The van der Waals surface area contributed by atoms with Crippen LogP contribution in [0.1, 0.15) is 5.56 Å². The summed E-state index contributed by atoms with van der Waals surface area (Å²) < 4.78 is 0. The van der Waals surface area contributed by atoms with Gasteiger partial charge < -0.3 is 20.9 Å². The van der Waals surface area contributed by atoms with Crippen LogP contribution in [0.5, 0.6) is 0 Å². The van der Waals surface area contributed by atoms with Crippen LogP contribution in [0.4, 0.5) is 17.1 Å². The molecular formula is C17H19N5. The van der Waals surface area contributed by atoms with E-state index in [1.54, 1.807) is 0 Å². The van der Waals surface area contributed by atoms with E-state index in [4.69, 9.17) is 0 Å². The van der Waals surface area contributed by atoms with Crippen LogP contribution in [-0.4, -0.2) is 25.7 Å². The molecule has 112 valence electrons. The molecule has 2 aromatic carbocycles. The molecule has 0 unspecified atom stereocenters. The summed E-state index contributed by atoms with van der Waals surface area (Å²) in [5.41, 5.74) is 4.79. The van der Waals surface area contributed by atoms with Crippen LogP contribution in [0.2, 0.25) is 0 Å². The van der Waals surface area contributed by atoms with Crippen LogP contribution in [0.25, 0.3) is 0 Å². The van der Waals surface area contributed by atoms with Crippen molar-refractivity contribution in [3.05, 3.63) is 54.1 Å². The van der Waals surface area contributed by atoms with Gasteiger partial charge in [-0.2, -0.15) is 0 Å². The van der Waals surface area contributed by atoms with Crippen molar-refractivity contribution in [2.24, 2.45) is 4.99 Å². The summed E-state index contributed by atoms with van der Waals surface area (Å²) in [7, 11) is 0. The van der Waals surface area contributed by atoms with Crippen LogP contribution in [-0.2, 0) is 6.54 Å². The average Bonchev–Trinajstić information content (AvgIpc) is 3.19. The summed E-state index contributed by atoms with van der Waals surface area (Å²) in [6.07, 6.45) is 0. The average molecular weight is 293 g/mol. The Bertz CT molecular complexity index is 695. The normalized spacial score (nSPS) is 15.8. The third-order valence-electron chi connectivity index (χ3n) is 3.95. The SMILES string of the molecule is c1ccc(CN2CNc3ccc(NC4=NCCN4)cc32)cc1. The van der Waals surface area contributed by atoms with Gasteiger partial charge in [-0.05, 0) is 23.8 Å². The second kappa shape index (κ2) is 5.60. The summed E-state index contributed by atoms with van der Waals surface area (Å²) in [5.74, 6) is 0.862. The maximum atomic E-state index is 4.38. The fourth-order valence-corrected chi connectivity index (χ4v) is 2.85. The first-order valence-electron chi connectivity index (χ1n) is 7.61. The number of hydrogen-bond donors (Lipinski definition) is 3. The Morgan fingerprint density at radius 1 is 1.09 bits per heavy atom. The summed E-state index contributed by atoms with van der Waals surface area (Å²) in [6.45, 7) is 3.50. The van der Waals surface area contributed by atoms with Crippen LogP contribution >= 0.6 is 0 Å². The van der Waals surface area contributed by atoms with E-state index in [1.807, 2.05) is 0 Å². The van der Waals surface area contributed by atoms with Gasteiger partial charge >= 0.3 is 0 Å². The first kappa shape index (κ1) is 13.0. The van der Waals surface area contributed by atoms with E-state index in [0.717, 1.165) is 37.9 Å². The number of nitrogens with one attached hydrogen (secondary N) is 3. The molecule has 22 heavy (non-hydrogen) atoms. The van der Waals surface area contributed by atoms with Gasteiger partial charge in [0, 0.05) is 18.8 Å². The van der Waals surface area contributed by atoms with Crippen LogP contribution in [0.3, 0.4) is 0 Å². The van der Waals surface area contributed by atoms with Crippen LogP contribution in [0.15, 0.2) is 53.5 Å². The van der Waals surface area contributed by atoms with Crippen molar-refractivity contribution in [1.29, 1.82) is 0 Å². The predicted octanol–water partition coefficient (Wildman–Crippen LogP) is 2.45. The standard InChI is InChI=1S/C17H19N5/c1-2-4-13(5-3-1)11-22-12-20-15-7-6-14(10-16(15)22)21-17-18-8-9-19-17/h1-7,10,20H,8-9,11-12H2,(H2,18,19,21). The predicted molar refractivity (Wildman–Crippen MR) is 91.5 cm³/mol. The Labute approximate surface area is 130 Å². The number of benzene rings is 2. The third-order valence-corrected chi connectivity index (χ3v) is 3.95. The van der Waals surface area contributed by atoms with Gasteiger partial charge in [0.25, 0.3) is 0 Å². The molecule has 2 heterocycles. The van der Waals surface area contributed by atoms with Gasteiger partial charge in [0.1, 0.15) is 0 Å². The smallest absolute Gasteiger partial charge is 0.195 e. The van der Waals surface area contributed by atoms with Crippen LogP contribution in [0, 0.1) is 0 Å². The van der Waals surface area contributed by atoms with Gasteiger partial charge in [-0.3, -0.25) is 4.99 Å². The summed E-state index contributed by atoms with van der Waals surface area (Å²) in [5, 5.41) is 10.0. The lowest BCUT2D eigenvalue weighted by Gasteiger charge is -2.19. The molecule has 0 saturated carbocycles. The molecule has 0 saturated heterocycles.